The number of anilines is 1. The van der Waals surface area contributed by atoms with E-state index in [0.29, 0.717) is 5.39 Å². The maximum atomic E-state index is 13.3. The molecule has 0 bridgehead atoms. The van der Waals surface area contributed by atoms with Gasteiger partial charge in [-0.3, -0.25) is 4.57 Å². The number of halogens is 1. The number of nitrogens with one attached hydrogen (secondary N) is 1. The summed E-state index contributed by atoms with van der Waals surface area (Å²) in [5, 5.41) is 37.9. The number of ether oxygens (including phenoxy) is 1. The van der Waals surface area contributed by atoms with Crippen molar-refractivity contribution >= 4 is 34.3 Å². The summed E-state index contributed by atoms with van der Waals surface area (Å²) in [5.41, 5.74) is -0.704. The van der Waals surface area contributed by atoms with E-state index in [0.717, 1.165) is 10.2 Å². The van der Waals surface area contributed by atoms with Crippen LogP contribution in [-0.2, 0) is 19.1 Å². The third-order valence-electron chi connectivity index (χ3n) is 5.64. The Morgan fingerprint density at radius 3 is 2.54 bits per heavy atom. The molecule has 0 amide bonds. The highest BCUT2D eigenvalue weighted by atomic mass is 32.2. The number of benzene rings is 1. The van der Waals surface area contributed by atoms with Crippen LogP contribution < -0.4 is 5.32 Å². The number of fused-ring (bicyclic) bond motifs is 1. The zero-order valence-corrected chi connectivity index (χ0v) is 20.8. The summed E-state index contributed by atoms with van der Waals surface area (Å²) in [6.07, 6.45) is -5.07. The standard InChI is InChI=1S/C20H22FN6O8PS/c1-10(11-2-4-12(21)5-3-11)24-18-13-7-23-27(19(13)26-15(6-22)25-18)20-17(29)16(28)14(35-20)8-37(33,34)9-36(30,31)32/h2-5,7,10,14,16-17,20,28-29H,8-9H2,1H3,(H,24,25,26)(H2,30,31,32)/t10-,14-,16-,17-,20-/m1/s1. The number of hydrogen-bond donors (Lipinski definition) is 5. The molecule has 198 valence electrons. The SMILES string of the molecule is C[C@@H](Nc1nc(C#N)nc2c1cnn2[C@@H]1O[C@H](CS(=O)(=O)CP(=O)(O)O)[C@@H](O)[C@H]1O)c1ccc(F)cc1. The molecule has 17 heteroatoms. The predicted molar refractivity (Wildman–Crippen MR) is 125 cm³/mol. The summed E-state index contributed by atoms with van der Waals surface area (Å²) in [6, 6.07) is 7.16. The van der Waals surface area contributed by atoms with Gasteiger partial charge in [-0.15, -0.1) is 0 Å². The van der Waals surface area contributed by atoms with Gasteiger partial charge in [0.2, 0.25) is 5.82 Å². The Morgan fingerprint density at radius 1 is 1.24 bits per heavy atom. The average molecular weight is 556 g/mol. The summed E-state index contributed by atoms with van der Waals surface area (Å²) in [4.78, 5) is 26.2. The van der Waals surface area contributed by atoms with Crippen molar-refractivity contribution < 1.29 is 42.1 Å². The normalized spacial score (nSPS) is 23.2. The molecular weight excluding hydrogens is 534 g/mol. The minimum absolute atomic E-state index is 0.0235. The highest BCUT2D eigenvalue weighted by Crippen LogP contribution is 2.38. The molecule has 3 heterocycles. The predicted octanol–water partition coefficient (Wildman–Crippen LogP) is 0.179. The molecule has 14 nitrogen and oxygen atoms in total. The number of sulfone groups is 1. The number of hydrogen-bond acceptors (Lipinski definition) is 11. The zero-order chi connectivity index (χ0) is 27.1. The van der Waals surface area contributed by atoms with Crippen LogP contribution >= 0.6 is 7.60 Å². The van der Waals surface area contributed by atoms with Crippen molar-refractivity contribution in [2.75, 3.05) is 16.6 Å². The monoisotopic (exact) mass is 556 g/mol. The Balaban J connectivity index is 1.64. The van der Waals surface area contributed by atoms with Crippen LogP contribution in [-0.4, -0.2) is 77.7 Å². The van der Waals surface area contributed by atoms with E-state index in [-0.39, 0.29) is 23.3 Å². The number of aliphatic hydroxyl groups excluding tert-OH is 2. The smallest absolute Gasteiger partial charge is 0.340 e. The van der Waals surface area contributed by atoms with Gasteiger partial charge in [0.05, 0.1) is 17.3 Å². The second kappa shape index (κ2) is 10.0. The molecule has 4 rings (SSSR count). The molecule has 1 aliphatic heterocycles. The quantitative estimate of drug-likeness (QED) is 0.234. The highest BCUT2D eigenvalue weighted by molar-refractivity contribution is 7.97. The van der Waals surface area contributed by atoms with E-state index in [1.165, 1.54) is 18.3 Å². The van der Waals surface area contributed by atoms with Gasteiger partial charge in [-0.1, -0.05) is 12.1 Å². The maximum Gasteiger partial charge on any atom is 0.340 e. The summed E-state index contributed by atoms with van der Waals surface area (Å²) in [5.74, 6) is -1.44. The number of aromatic nitrogens is 4. The van der Waals surface area contributed by atoms with Crippen molar-refractivity contribution in [1.82, 2.24) is 19.7 Å². The third-order valence-corrected chi connectivity index (χ3v) is 9.39. The summed E-state index contributed by atoms with van der Waals surface area (Å²) < 4.78 is 55.3. The fourth-order valence-electron chi connectivity index (χ4n) is 3.94. The van der Waals surface area contributed by atoms with Gasteiger partial charge in [0.1, 0.15) is 36.0 Å². The van der Waals surface area contributed by atoms with Gasteiger partial charge in [0.25, 0.3) is 0 Å². The van der Waals surface area contributed by atoms with Crippen LogP contribution in [0.2, 0.25) is 0 Å². The van der Waals surface area contributed by atoms with Crippen LogP contribution in [0.4, 0.5) is 10.2 Å². The number of nitriles is 1. The Labute approximate surface area is 209 Å². The fraction of sp³-hybridized carbons (Fsp3) is 0.400. The topological polar surface area (TPSA) is 221 Å². The lowest BCUT2D eigenvalue weighted by molar-refractivity contribution is -0.0364. The molecule has 1 aromatic carbocycles. The van der Waals surface area contributed by atoms with Crippen LogP contribution in [0.5, 0.6) is 0 Å². The van der Waals surface area contributed by atoms with Gasteiger partial charge < -0.3 is 30.1 Å². The highest BCUT2D eigenvalue weighted by Gasteiger charge is 2.47. The van der Waals surface area contributed by atoms with E-state index in [9.17, 15) is 32.8 Å². The van der Waals surface area contributed by atoms with Crippen LogP contribution in [0, 0.1) is 17.1 Å². The van der Waals surface area contributed by atoms with Crippen molar-refractivity contribution in [2.24, 2.45) is 0 Å². The molecule has 0 radical (unpaired) electrons. The number of nitrogens with zero attached hydrogens (tertiary/aromatic N) is 5. The van der Waals surface area contributed by atoms with E-state index < -0.39 is 59.0 Å². The molecule has 1 saturated heterocycles. The molecule has 0 unspecified atom stereocenters. The number of aliphatic hydroxyl groups is 2. The number of rotatable bonds is 8. The Morgan fingerprint density at radius 2 is 1.92 bits per heavy atom. The largest absolute Gasteiger partial charge is 0.387 e. The fourth-order valence-corrected chi connectivity index (χ4v) is 7.19. The minimum Gasteiger partial charge on any atom is -0.387 e. The first-order chi connectivity index (χ1) is 17.3. The molecule has 0 aliphatic carbocycles. The molecule has 3 aromatic rings. The van der Waals surface area contributed by atoms with Crippen LogP contribution in [0.3, 0.4) is 0 Å². The van der Waals surface area contributed by atoms with Gasteiger partial charge >= 0.3 is 7.60 Å². The van der Waals surface area contributed by atoms with Gasteiger partial charge in [-0.05, 0) is 24.6 Å². The summed E-state index contributed by atoms with van der Waals surface area (Å²) in [6.45, 7) is 1.78. The second-order valence-electron chi connectivity index (χ2n) is 8.50. The van der Waals surface area contributed by atoms with Gasteiger partial charge in [-0.25, -0.2) is 22.5 Å². The van der Waals surface area contributed by atoms with Crippen LogP contribution in [0.1, 0.15) is 30.6 Å². The first kappa shape index (κ1) is 27.0. The van der Waals surface area contributed by atoms with Crippen molar-refractivity contribution in [2.45, 2.75) is 37.5 Å². The molecule has 37 heavy (non-hydrogen) atoms. The molecule has 1 fully saturated rings. The Hall–Kier alpha value is -3.03. The van der Waals surface area contributed by atoms with Gasteiger partial charge in [0, 0.05) is 6.04 Å². The summed E-state index contributed by atoms with van der Waals surface area (Å²) >= 11 is 0. The lowest BCUT2D eigenvalue weighted by Crippen LogP contribution is -2.36. The minimum atomic E-state index is -4.90. The first-order valence-electron chi connectivity index (χ1n) is 10.7. The molecule has 5 N–H and O–H groups in total. The van der Waals surface area contributed by atoms with Gasteiger partial charge in [0.15, 0.2) is 27.2 Å². The maximum absolute atomic E-state index is 13.3. The van der Waals surface area contributed by atoms with Crippen LogP contribution in [0.25, 0.3) is 11.0 Å². The second-order valence-corrected chi connectivity index (χ2v) is 12.7. The third kappa shape index (κ3) is 5.94. The Bertz CT molecular complexity index is 1510. The van der Waals surface area contributed by atoms with Crippen molar-refractivity contribution in [3.63, 3.8) is 0 Å². The van der Waals surface area contributed by atoms with E-state index >= 15 is 0 Å². The molecule has 0 saturated carbocycles. The van der Waals surface area contributed by atoms with Crippen molar-refractivity contribution in [3.05, 3.63) is 47.7 Å². The van der Waals surface area contributed by atoms with E-state index in [4.69, 9.17) is 14.5 Å². The van der Waals surface area contributed by atoms with E-state index in [1.807, 2.05) is 6.07 Å². The van der Waals surface area contributed by atoms with Gasteiger partial charge in [-0.2, -0.15) is 15.3 Å². The molecule has 5 atom stereocenters. The van der Waals surface area contributed by atoms with Crippen molar-refractivity contribution in [3.8, 4) is 6.07 Å². The molecule has 2 aromatic heterocycles. The summed E-state index contributed by atoms with van der Waals surface area (Å²) in [7, 11) is -9.27. The van der Waals surface area contributed by atoms with Crippen molar-refractivity contribution in [1.29, 1.82) is 5.26 Å². The first-order valence-corrected chi connectivity index (χ1v) is 14.3. The van der Waals surface area contributed by atoms with E-state index in [2.05, 4.69) is 20.4 Å². The lowest BCUT2D eigenvalue weighted by atomic mass is 10.1. The lowest BCUT2D eigenvalue weighted by Gasteiger charge is -2.17. The molecule has 0 spiro atoms. The Kier molecular flexibility index (Phi) is 7.32. The average Bonchev–Trinajstić information content (AvgIpc) is 3.34. The van der Waals surface area contributed by atoms with E-state index in [1.54, 1.807) is 19.1 Å². The zero-order valence-electron chi connectivity index (χ0n) is 19.1. The van der Waals surface area contributed by atoms with Crippen LogP contribution in [0.15, 0.2) is 30.5 Å². The molecular formula is C20H22FN6O8PS. The molecule has 1 aliphatic rings.